The first-order valence-electron chi connectivity index (χ1n) is 7.34. The van der Waals surface area contributed by atoms with E-state index in [4.69, 9.17) is 0 Å². The lowest BCUT2D eigenvalue weighted by molar-refractivity contribution is 0.200. The van der Waals surface area contributed by atoms with Gasteiger partial charge in [0.2, 0.25) is 0 Å². The van der Waals surface area contributed by atoms with Crippen molar-refractivity contribution in [3.05, 3.63) is 17.5 Å². The smallest absolute Gasteiger partial charge is 0.0597 e. The molecule has 19 heavy (non-hydrogen) atoms. The molecule has 2 rings (SSSR count). The Kier molecular flexibility index (Phi) is 5.36. The van der Waals surface area contributed by atoms with Crippen LogP contribution in [0.3, 0.4) is 0 Å². The van der Waals surface area contributed by atoms with E-state index < -0.39 is 0 Å². The summed E-state index contributed by atoms with van der Waals surface area (Å²) in [5.74, 6) is 0. The molecular weight excluding hydrogens is 238 g/mol. The Morgan fingerprint density at radius 1 is 1.37 bits per heavy atom. The van der Waals surface area contributed by atoms with Gasteiger partial charge in [0.15, 0.2) is 0 Å². The number of nitrogens with zero attached hydrogens (tertiary/aromatic N) is 4. The van der Waals surface area contributed by atoms with Gasteiger partial charge in [0, 0.05) is 52.4 Å². The molecule has 5 nitrogen and oxygen atoms in total. The van der Waals surface area contributed by atoms with Gasteiger partial charge in [-0.3, -0.25) is 14.5 Å². The van der Waals surface area contributed by atoms with Gasteiger partial charge < -0.3 is 5.32 Å². The lowest BCUT2D eigenvalue weighted by Crippen LogP contribution is -2.45. The van der Waals surface area contributed by atoms with Crippen LogP contribution >= 0.6 is 0 Å². The van der Waals surface area contributed by atoms with E-state index in [1.54, 1.807) is 0 Å². The van der Waals surface area contributed by atoms with Crippen LogP contribution in [-0.2, 0) is 13.1 Å². The highest BCUT2D eigenvalue weighted by atomic mass is 15.3. The number of hydrogen-bond donors (Lipinski definition) is 1. The summed E-state index contributed by atoms with van der Waals surface area (Å²) in [7, 11) is 2.20. The van der Waals surface area contributed by atoms with Crippen LogP contribution in [0, 0.1) is 6.92 Å². The normalized spacial score (nSPS) is 17.3. The molecule has 0 bridgehead atoms. The third-order valence-electron chi connectivity index (χ3n) is 3.72. The van der Waals surface area contributed by atoms with Crippen molar-refractivity contribution in [1.82, 2.24) is 24.9 Å². The molecule has 1 aromatic rings. The quantitative estimate of drug-likeness (QED) is 0.815. The molecule has 1 aliphatic heterocycles. The summed E-state index contributed by atoms with van der Waals surface area (Å²) in [5, 5.41) is 7.90. The van der Waals surface area contributed by atoms with Crippen LogP contribution in [0.5, 0.6) is 0 Å². The van der Waals surface area contributed by atoms with Gasteiger partial charge in [-0.05, 0) is 27.0 Å². The van der Waals surface area contributed by atoms with E-state index in [1.807, 2.05) is 0 Å². The predicted molar refractivity (Wildman–Crippen MR) is 78.3 cm³/mol. The Morgan fingerprint density at radius 2 is 2.11 bits per heavy atom. The van der Waals surface area contributed by atoms with Gasteiger partial charge in [0.25, 0.3) is 0 Å². The van der Waals surface area contributed by atoms with Crippen LogP contribution in [0.2, 0.25) is 0 Å². The first-order chi connectivity index (χ1) is 9.19. The molecule has 1 fully saturated rings. The highest BCUT2D eigenvalue weighted by Gasteiger charge is 2.11. The average Bonchev–Trinajstić information content (AvgIpc) is 2.77. The summed E-state index contributed by atoms with van der Waals surface area (Å²) in [4.78, 5) is 4.93. The summed E-state index contributed by atoms with van der Waals surface area (Å²) < 4.78 is 2.11. The topological polar surface area (TPSA) is 36.3 Å². The highest BCUT2D eigenvalue weighted by Crippen LogP contribution is 2.06. The van der Waals surface area contributed by atoms with Gasteiger partial charge in [0.1, 0.15) is 0 Å². The Bertz CT molecular complexity index is 381. The maximum absolute atomic E-state index is 4.50. The van der Waals surface area contributed by atoms with Crippen LogP contribution in [0.15, 0.2) is 6.07 Å². The summed E-state index contributed by atoms with van der Waals surface area (Å²) in [6.07, 6.45) is 0. The fourth-order valence-corrected chi connectivity index (χ4v) is 2.60. The van der Waals surface area contributed by atoms with Crippen molar-refractivity contribution in [3.63, 3.8) is 0 Å². The molecule has 108 valence electrons. The molecule has 2 heterocycles. The molecule has 0 radical (unpaired) electrons. The zero-order valence-electron chi connectivity index (χ0n) is 12.5. The van der Waals surface area contributed by atoms with Crippen molar-refractivity contribution in [1.29, 1.82) is 0 Å². The molecule has 1 N–H and O–H groups in total. The van der Waals surface area contributed by atoms with E-state index >= 15 is 0 Å². The van der Waals surface area contributed by atoms with E-state index in [-0.39, 0.29) is 0 Å². The standard InChI is InChI=1S/C14H27N5/c1-4-19-14(11-13(2)16-19)12-17(3)9-10-18-7-5-15-6-8-18/h11,15H,4-10,12H2,1-3H3. The zero-order valence-corrected chi connectivity index (χ0v) is 12.5. The Hall–Kier alpha value is -0.910. The molecule has 0 amide bonds. The number of rotatable bonds is 6. The Morgan fingerprint density at radius 3 is 2.79 bits per heavy atom. The molecule has 1 saturated heterocycles. The average molecular weight is 265 g/mol. The monoisotopic (exact) mass is 265 g/mol. The van der Waals surface area contributed by atoms with E-state index in [0.717, 1.165) is 45.0 Å². The molecule has 0 atom stereocenters. The Balaban J connectivity index is 1.78. The number of nitrogens with one attached hydrogen (secondary N) is 1. The van der Waals surface area contributed by atoms with Crippen LogP contribution in [0.4, 0.5) is 0 Å². The number of aryl methyl sites for hydroxylation is 2. The van der Waals surface area contributed by atoms with Gasteiger partial charge >= 0.3 is 0 Å². The maximum Gasteiger partial charge on any atom is 0.0597 e. The molecule has 5 heteroatoms. The lowest BCUT2D eigenvalue weighted by atomic mass is 10.3. The first-order valence-corrected chi connectivity index (χ1v) is 7.34. The lowest BCUT2D eigenvalue weighted by Gasteiger charge is -2.29. The number of likely N-dealkylation sites (N-methyl/N-ethyl adjacent to an activating group) is 1. The van der Waals surface area contributed by atoms with E-state index in [2.05, 4.69) is 51.9 Å². The van der Waals surface area contributed by atoms with Gasteiger partial charge in [-0.15, -0.1) is 0 Å². The van der Waals surface area contributed by atoms with Crippen molar-refractivity contribution in [2.75, 3.05) is 46.3 Å². The number of hydrogen-bond acceptors (Lipinski definition) is 4. The minimum atomic E-state index is 0.953. The van der Waals surface area contributed by atoms with Gasteiger partial charge in [-0.1, -0.05) is 0 Å². The summed E-state index contributed by atoms with van der Waals surface area (Å²) >= 11 is 0. The third kappa shape index (κ3) is 4.30. The third-order valence-corrected chi connectivity index (χ3v) is 3.72. The maximum atomic E-state index is 4.50. The van der Waals surface area contributed by atoms with Crippen molar-refractivity contribution < 1.29 is 0 Å². The van der Waals surface area contributed by atoms with Gasteiger partial charge in [-0.25, -0.2) is 0 Å². The summed E-state index contributed by atoms with van der Waals surface area (Å²) in [6, 6.07) is 2.20. The van der Waals surface area contributed by atoms with Crippen molar-refractivity contribution in [2.45, 2.75) is 26.9 Å². The van der Waals surface area contributed by atoms with E-state index in [0.29, 0.717) is 0 Å². The minimum Gasteiger partial charge on any atom is -0.314 e. The van der Waals surface area contributed by atoms with Crippen molar-refractivity contribution in [2.24, 2.45) is 0 Å². The molecule has 0 unspecified atom stereocenters. The fourth-order valence-electron chi connectivity index (χ4n) is 2.60. The second-order valence-corrected chi connectivity index (χ2v) is 5.42. The largest absolute Gasteiger partial charge is 0.314 e. The predicted octanol–water partition coefficient (Wildman–Crippen LogP) is 0.548. The first kappa shape index (κ1) is 14.5. The zero-order chi connectivity index (χ0) is 13.7. The number of aromatic nitrogens is 2. The molecule has 1 aliphatic rings. The van der Waals surface area contributed by atoms with Crippen LogP contribution in [-0.4, -0.2) is 65.9 Å². The molecular formula is C14H27N5. The van der Waals surface area contributed by atoms with E-state index in [1.165, 1.54) is 18.8 Å². The summed E-state index contributed by atoms with van der Waals surface area (Å²) in [5.41, 5.74) is 2.44. The van der Waals surface area contributed by atoms with Crippen LogP contribution in [0.25, 0.3) is 0 Å². The van der Waals surface area contributed by atoms with Crippen LogP contribution < -0.4 is 5.32 Å². The second kappa shape index (κ2) is 7.03. The van der Waals surface area contributed by atoms with Crippen molar-refractivity contribution in [3.8, 4) is 0 Å². The Labute approximate surface area is 116 Å². The SMILES string of the molecule is CCn1nc(C)cc1CN(C)CCN1CCNCC1. The second-order valence-electron chi connectivity index (χ2n) is 5.42. The highest BCUT2D eigenvalue weighted by molar-refractivity contribution is 5.08. The molecule has 0 spiro atoms. The van der Waals surface area contributed by atoms with Gasteiger partial charge in [-0.2, -0.15) is 5.10 Å². The van der Waals surface area contributed by atoms with Crippen LogP contribution in [0.1, 0.15) is 18.3 Å². The number of piperazine rings is 1. The van der Waals surface area contributed by atoms with Crippen molar-refractivity contribution >= 4 is 0 Å². The van der Waals surface area contributed by atoms with E-state index in [9.17, 15) is 0 Å². The fraction of sp³-hybridized carbons (Fsp3) is 0.786. The molecule has 0 aliphatic carbocycles. The molecule has 0 aromatic carbocycles. The van der Waals surface area contributed by atoms with Gasteiger partial charge in [0.05, 0.1) is 11.4 Å². The molecule has 0 saturated carbocycles. The summed E-state index contributed by atoms with van der Waals surface area (Å²) in [6.45, 7) is 13.1. The molecule has 1 aromatic heterocycles. The minimum absolute atomic E-state index is 0.953.